The number of carbonyl (C=O) groups excluding carboxylic acids is 1. The smallest absolute Gasteiger partial charge is 0.234 e. The van der Waals surface area contributed by atoms with Crippen molar-refractivity contribution >= 4 is 51.5 Å². The number of hydrogen-bond acceptors (Lipinski definition) is 3. The predicted octanol–water partition coefficient (Wildman–Crippen LogP) is 3.48. The monoisotopic (exact) mass is 316 g/mol. The highest BCUT2D eigenvalue weighted by Crippen LogP contribution is 2.27. The molecule has 0 aromatic heterocycles. The number of benzene rings is 1. The molecule has 0 radical (unpaired) electrons. The summed E-state index contributed by atoms with van der Waals surface area (Å²) in [6, 6.07) is 3.82. The number of nitrogens with one attached hydrogen (secondary N) is 1. The number of anilines is 1. The molecule has 0 aliphatic heterocycles. The molecular formula is C13H17ClN2OS2. The average Bonchev–Trinajstić information content (AvgIpc) is 2.30. The van der Waals surface area contributed by atoms with Crippen molar-refractivity contribution in [3.63, 3.8) is 0 Å². The van der Waals surface area contributed by atoms with Crippen molar-refractivity contribution < 1.29 is 4.79 Å². The molecule has 19 heavy (non-hydrogen) atoms. The third kappa shape index (κ3) is 5.01. The summed E-state index contributed by atoms with van der Waals surface area (Å²) < 4.78 is 0.682. The summed E-state index contributed by atoms with van der Waals surface area (Å²) >= 11 is 12.6. The van der Waals surface area contributed by atoms with E-state index < -0.39 is 0 Å². The van der Waals surface area contributed by atoms with Crippen LogP contribution in [-0.2, 0) is 4.79 Å². The van der Waals surface area contributed by atoms with E-state index in [0.29, 0.717) is 15.0 Å². The Labute approximate surface area is 128 Å². The summed E-state index contributed by atoms with van der Waals surface area (Å²) in [5.41, 5.74) is 2.70. The Bertz CT molecular complexity index is 480. The van der Waals surface area contributed by atoms with Crippen LogP contribution in [0.3, 0.4) is 0 Å². The molecule has 104 valence electrons. The van der Waals surface area contributed by atoms with E-state index in [0.717, 1.165) is 11.1 Å². The minimum Gasteiger partial charge on any atom is -0.364 e. The van der Waals surface area contributed by atoms with Gasteiger partial charge in [0.1, 0.15) is 4.32 Å². The molecule has 1 aromatic rings. The Balaban J connectivity index is 2.65. The summed E-state index contributed by atoms with van der Waals surface area (Å²) in [5, 5.41) is 3.39. The van der Waals surface area contributed by atoms with Crippen LogP contribution < -0.4 is 5.32 Å². The number of rotatable bonds is 3. The van der Waals surface area contributed by atoms with Gasteiger partial charge >= 0.3 is 0 Å². The molecule has 0 unspecified atom stereocenters. The Kier molecular flexibility index (Phi) is 6.10. The second-order valence-corrected chi connectivity index (χ2v) is 6.45. The lowest BCUT2D eigenvalue weighted by Crippen LogP contribution is -2.21. The predicted molar refractivity (Wildman–Crippen MR) is 88.3 cm³/mol. The molecule has 1 amide bonds. The summed E-state index contributed by atoms with van der Waals surface area (Å²) in [6.45, 7) is 3.89. The Morgan fingerprint density at radius 1 is 1.42 bits per heavy atom. The van der Waals surface area contributed by atoms with Gasteiger partial charge < -0.3 is 10.2 Å². The lowest BCUT2D eigenvalue weighted by atomic mass is 10.1. The van der Waals surface area contributed by atoms with Gasteiger partial charge in [0.25, 0.3) is 0 Å². The van der Waals surface area contributed by atoms with Crippen molar-refractivity contribution in [3.05, 3.63) is 28.3 Å². The Hall–Kier alpha value is -0.780. The molecule has 0 aliphatic rings. The van der Waals surface area contributed by atoms with Gasteiger partial charge in [-0.25, -0.2) is 0 Å². The number of aryl methyl sites for hydroxylation is 2. The third-order valence-electron chi connectivity index (χ3n) is 2.39. The number of thiocarbonyl (C=S) groups is 1. The van der Waals surface area contributed by atoms with Crippen molar-refractivity contribution in [2.45, 2.75) is 13.8 Å². The van der Waals surface area contributed by atoms with Crippen LogP contribution in [0.1, 0.15) is 11.1 Å². The van der Waals surface area contributed by atoms with Crippen molar-refractivity contribution in [1.29, 1.82) is 0 Å². The first-order chi connectivity index (χ1) is 8.81. The SMILES string of the molecule is Cc1cc(C)c(NC(=O)CSC(=S)N(C)C)c(Cl)c1. The fraction of sp³-hybridized carbons (Fsp3) is 0.385. The molecule has 1 N–H and O–H groups in total. The fourth-order valence-electron chi connectivity index (χ4n) is 1.51. The maximum absolute atomic E-state index is 11.9. The lowest BCUT2D eigenvalue weighted by Gasteiger charge is -2.14. The van der Waals surface area contributed by atoms with Crippen LogP contribution in [0.25, 0.3) is 0 Å². The number of thioether (sulfide) groups is 1. The number of halogens is 1. The molecule has 0 saturated carbocycles. The fourth-order valence-corrected chi connectivity index (χ4v) is 2.64. The molecule has 0 heterocycles. The summed E-state index contributed by atoms with van der Waals surface area (Å²) in [5.74, 6) is 0.170. The van der Waals surface area contributed by atoms with E-state index in [1.54, 1.807) is 4.90 Å². The largest absolute Gasteiger partial charge is 0.364 e. The summed E-state index contributed by atoms with van der Waals surface area (Å²) in [4.78, 5) is 13.7. The second kappa shape index (κ2) is 7.12. The molecule has 3 nitrogen and oxygen atoms in total. The minimum absolute atomic E-state index is 0.108. The molecule has 0 atom stereocenters. The van der Waals surface area contributed by atoms with E-state index in [1.165, 1.54) is 11.8 Å². The first-order valence-electron chi connectivity index (χ1n) is 5.72. The third-order valence-corrected chi connectivity index (χ3v) is 4.42. The van der Waals surface area contributed by atoms with E-state index in [2.05, 4.69) is 5.32 Å². The van der Waals surface area contributed by atoms with E-state index in [1.807, 2.05) is 40.1 Å². The van der Waals surface area contributed by atoms with Crippen LogP contribution in [0.15, 0.2) is 12.1 Å². The maximum atomic E-state index is 11.9. The molecular weight excluding hydrogens is 300 g/mol. The van der Waals surface area contributed by atoms with E-state index in [9.17, 15) is 4.79 Å². The van der Waals surface area contributed by atoms with Crippen molar-refractivity contribution in [2.75, 3.05) is 25.2 Å². The van der Waals surface area contributed by atoms with Crippen molar-refractivity contribution in [1.82, 2.24) is 4.90 Å². The van der Waals surface area contributed by atoms with Gasteiger partial charge in [-0.3, -0.25) is 4.79 Å². The van der Waals surface area contributed by atoms with Crippen LogP contribution in [0.4, 0.5) is 5.69 Å². The summed E-state index contributed by atoms with van der Waals surface area (Å²) in [7, 11) is 3.71. The maximum Gasteiger partial charge on any atom is 0.234 e. The average molecular weight is 317 g/mol. The van der Waals surface area contributed by atoms with E-state index in [-0.39, 0.29) is 11.7 Å². The van der Waals surface area contributed by atoms with Gasteiger partial charge in [-0.05, 0) is 31.0 Å². The molecule has 0 spiro atoms. The highest BCUT2D eigenvalue weighted by Gasteiger charge is 2.11. The van der Waals surface area contributed by atoms with Gasteiger partial charge in [-0.2, -0.15) is 0 Å². The molecule has 0 fully saturated rings. The number of carbonyl (C=O) groups is 1. The van der Waals surface area contributed by atoms with Gasteiger partial charge in [-0.1, -0.05) is 41.6 Å². The van der Waals surface area contributed by atoms with Gasteiger partial charge in [0.15, 0.2) is 0 Å². The standard InChI is InChI=1S/C13H17ClN2OS2/c1-8-5-9(2)12(10(14)6-8)15-11(17)7-19-13(18)16(3)4/h5-6H,7H2,1-4H3,(H,15,17). The minimum atomic E-state index is -0.108. The number of nitrogens with zero attached hydrogens (tertiary/aromatic N) is 1. The van der Waals surface area contributed by atoms with Crippen LogP contribution >= 0.6 is 35.6 Å². The van der Waals surface area contributed by atoms with E-state index >= 15 is 0 Å². The zero-order chi connectivity index (χ0) is 14.6. The van der Waals surface area contributed by atoms with Crippen molar-refractivity contribution in [3.8, 4) is 0 Å². The van der Waals surface area contributed by atoms with Gasteiger partial charge in [-0.15, -0.1) is 0 Å². The summed E-state index contributed by atoms with van der Waals surface area (Å²) in [6.07, 6.45) is 0. The van der Waals surface area contributed by atoms with Crippen LogP contribution in [0.5, 0.6) is 0 Å². The van der Waals surface area contributed by atoms with Gasteiger partial charge in [0, 0.05) is 14.1 Å². The van der Waals surface area contributed by atoms with Gasteiger partial charge in [0.2, 0.25) is 5.91 Å². The zero-order valence-electron chi connectivity index (χ0n) is 11.4. The number of hydrogen-bond donors (Lipinski definition) is 1. The van der Waals surface area contributed by atoms with Crippen LogP contribution in [0.2, 0.25) is 5.02 Å². The van der Waals surface area contributed by atoms with Gasteiger partial charge in [0.05, 0.1) is 16.5 Å². The Morgan fingerprint density at radius 2 is 2.05 bits per heavy atom. The highest BCUT2D eigenvalue weighted by atomic mass is 35.5. The topological polar surface area (TPSA) is 32.3 Å². The Morgan fingerprint density at radius 3 is 2.58 bits per heavy atom. The normalized spacial score (nSPS) is 10.2. The van der Waals surface area contributed by atoms with Crippen LogP contribution in [0, 0.1) is 13.8 Å². The van der Waals surface area contributed by atoms with Crippen LogP contribution in [-0.4, -0.2) is 35.0 Å². The number of amides is 1. The lowest BCUT2D eigenvalue weighted by molar-refractivity contribution is -0.113. The molecule has 0 aliphatic carbocycles. The van der Waals surface area contributed by atoms with Crippen molar-refractivity contribution in [2.24, 2.45) is 0 Å². The highest BCUT2D eigenvalue weighted by molar-refractivity contribution is 8.23. The molecule has 1 aromatic carbocycles. The molecule has 0 bridgehead atoms. The molecule has 6 heteroatoms. The zero-order valence-corrected chi connectivity index (χ0v) is 13.8. The molecule has 0 saturated heterocycles. The quantitative estimate of drug-likeness (QED) is 0.865. The first kappa shape index (κ1) is 16.3. The van der Waals surface area contributed by atoms with E-state index in [4.69, 9.17) is 23.8 Å². The first-order valence-corrected chi connectivity index (χ1v) is 7.49. The second-order valence-electron chi connectivity index (χ2n) is 4.44. The molecule has 1 rings (SSSR count).